The van der Waals surface area contributed by atoms with Gasteiger partial charge in [-0.1, -0.05) is 13.2 Å². The minimum Gasteiger partial charge on any atom is -0.244 e. The van der Waals surface area contributed by atoms with Crippen LogP contribution in [-0.4, -0.2) is 31.6 Å². The molecule has 0 unspecified atom stereocenters. The van der Waals surface area contributed by atoms with Crippen LogP contribution in [0.1, 0.15) is 0 Å². The highest BCUT2D eigenvalue weighted by atomic mass is 19.4. The molecule has 0 atom stereocenters. The summed E-state index contributed by atoms with van der Waals surface area (Å²) in [5, 5.41) is 0. The molecule has 10 heteroatoms. The number of hydrogen-bond acceptors (Lipinski definition) is 0. The Morgan fingerprint density at radius 2 is 0.944 bits per heavy atom. The zero-order valence-corrected chi connectivity index (χ0v) is 8.61. The van der Waals surface area contributed by atoms with E-state index >= 15 is 0 Å². The Labute approximate surface area is 95.6 Å². The second-order valence-electron chi connectivity index (χ2n) is 2.33. The number of hydrogen-bond donors (Lipinski definition) is 0. The van der Waals surface area contributed by atoms with Crippen LogP contribution in [0.15, 0.2) is 18.9 Å². The molecule has 0 aliphatic rings. The molecule has 0 saturated heterocycles. The fourth-order valence-electron chi connectivity index (χ4n) is 0.0758. The fraction of sp³-hybridized carbons (Fsp3) is 0.625. The molecule has 0 spiro atoms. The molecule has 0 saturated carbocycles. The Morgan fingerprint density at radius 1 is 0.722 bits per heavy atom. The number of halogens is 10. The van der Waals surface area contributed by atoms with Crippen LogP contribution in [0, 0.1) is 0 Å². The summed E-state index contributed by atoms with van der Waals surface area (Å²) in [6.07, 6.45) is -10.4. The molecule has 0 heterocycles. The molecule has 0 aliphatic carbocycles. The Bertz CT molecular complexity index is 229. The molecule has 0 aromatic carbocycles. The van der Waals surface area contributed by atoms with Crippen LogP contribution >= 0.6 is 0 Å². The van der Waals surface area contributed by atoms with Crippen molar-refractivity contribution in [1.82, 2.24) is 0 Å². The molecule has 0 aromatic heterocycles. The summed E-state index contributed by atoms with van der Waals surface area (Å²) in [6, 6.07) is 0. The van der Waals surface area contributed by atoms with Gasteiger partial charge >= 0.3 is 18.3 Å². The summed E-state index contributed by atoms with van der Waals surface area (Å²) >= 11 is 0. The van der Waals surface area contributed by atoms with Crippen LogP contribution in [0.4, 0.5) is 43.9 Å². The van der Waals surface area contributed by atoms with Gasteiger partial charge in [0.05, 0.1) is 0 Å². The van der Waals surface area contributed by atoms with E-state index in [1.54, 1.807) is 0 Å². The zero-order valence-electron chi connectivity index (χ0n) is 8.61. The maximum atomic E-state index is 11.2. The van der Waals surface area contributed by atoms with Crippen LogP contribution in [-0.2, 0) is 0 Å². The van der Waals surface area contributed by atoms with Gasteiger partial charge in [-0.15, -0.1) is 5.73 Å². The lowest BCUT2D eigenvalue weighted by molar-refractivity contribution is -0.286. The molecule has 18 heavy (non-hydrogen) atoms. The van der Waals surface area contributed by atoms with E-state index in [1.165, 1.54) is 0 Å². The maximum absolute atomic E-state index is 11.2. The summed E-state index contributed by atoms with van der Waals surface area (Å²) in [4.78, 5) is 0. The third kappa shape index (κ3) is 14.8. The lowest BCUT2D eigenvalue weighted by Crippen LogP contribution is -2.38. The Morgan fingerprint density at radius 3 is 0.944 bits per heavy atom. The Balaban J connectivity index is -0.000000216. The van der Waals surface area contributed by atoms with Crippen molar-refractivity contribution >= 4 is 0 Å². The Hall–Kier alpha value is -1.18. The molecule has 110 valence electrons. The molecule has 0 aromatic rings. The predicted molar refractivity (Wildman–Crippen MR) is 43.8 cm³/mol. The highest BCUT2D eigenvalue weighted by Gasteiger charge is 2.57. The molecule has 0 fully saturated rings. The van der Waals surface area contributed by atoms with Gasteiger partial charge in [0.15, 0.2) is 13.3 Å². The second kappa shape index (κ2) is 8.84. The zero-order chi connectivity index (χ0) is 15.6. The normalized spacial score (nSPS) is 11.4. The van der Waals surface area contributed by atoms with E-state index in [9.17, 15) is 43.9 Å². The van der Waals surface area contributed by atoms with Gasteiger partial charge in [-0.3, -0.25) is 0 Å². The van der Waals surface area contributed by atoms with Crippen molar-refractivity contribution in [2.24, 2.45) is 0 Å². The van der Waals surface area contributed by atoms with Gasteiger partial charge in [0.1, 0.15) is 0 Å². The van der Waals surface area contributed by atoms with Crippen LogP contribution in [0.25, 0.3) is 0 Å². The molecular formula is C8H8F10. The largest absolute Gasteiger partial charge is 0.456 e. The molecule has 0 bridgehead atoms. The van der Waals surface area contributed by atoms with Crippen molar-refractivity contribution < 1.29 is 43.9 Å². The molecule has 0 N–H and O–H groups in total. The molecule has 0 amide bonds. The van der Waals surface area contributed by atoms with Gasteiger partial charge in [-0.25, -0.2) is 8.78 Å². The van der Waals surface area contributed by atoms with Gasteiger partial charge < -0.3 is 0 Å². The van der Waals surface area contributed by atoms with Gasteiger partial charge in [-0.05, 0) is 0 Å². The third-order valence-corrected chi connectivity index (χ3v) is 0.734. The van der Waals surface area contributed by atoms with Crippen LogP contribution in [0.2, 0.25) is 0 Å². The lowest BCUT2D eigenvalue weighted by Gasteiger charge is -2.14. The van der Waals surface area contributed by atoms with E-state index < -0.39 is 31.6 Å². The van der Waals surface area contributed by atoms with Crippen molar-refractivity contribution in [2.75, 3.05) is 13.3 Å². The molecule has 0 nitrogen and oxygen atoms in total. The van der Waals surface area contributed by atoms with E-state index in [0.29, 0.717) is 0 Å². The second-order valence-corrected chi connectivity index (χ2v) is 2.33. The number of alkyl halides is 10. The smallest absolute Gasteiger partial charge is 0.244 e. The predicted octanol–water partition coefficient (Wildman–Crippen LogP) is 4.63. The maximum Gasteiger partial charge on any atom is 0.456 e. The SMILES string of the molecule is C=C=C.FCC(F)(F)C(F)(F)F.FCC(F)(F)F. The first-order valence-electron chi connectivity index (χ1n) is 3.71. The van der Waals surface area contributed by atoms with E-state index in [-0.39, 0.29) is 0 Å². The Kier molecular flexibility index (Phi) is 10.8. The lowest BCUT2D eigenvalue weighted by atomic mass is 10.4. The van der Waals surface area contributed by atoms with Gasteiger partial charge in [0.25, 0.3) is 0 Å². The van der Waals surface area contributed by atoms with E-state index in [1.807, 2.05) is 0 Å². The standard InChI is InChI=1S/C3H2F6.C3H4.C2H2F4/c4-1-2(5,6)3(7,8)9;1-3-2;3-1-2(4,5)6/h1H2;1-2H2;1H2. The van der Waals surface area contributed by atoms with Gasteiger partial charge in [-0.2, -0.15) is 35.1 Å². The van der Waals surface area contributed by atoms with Crippen molar-refractivity contribution in [2.45, 2.75) is 18.3 Å². The topological polar surface area (TPSA) is 0 Å². The summed E-state index contributed by atoms with van der Waals surface area (Å²) in [7, 11) is 0. The van der Waals surface area contributed by atoms with Crippen LogP contribution in [0.3, 0.4) is 0 Å². The third-order valence-electron chi connectivity index (χ3n) is 0.734. The van der Waals surface area contributed by atoms with Crippen molar-refractivity contribution in [3.05, 3.63) is 18.9 Å². The minimum atomic E-state index is -5.76. The van der Waals surface area contributed by atoms with Crippen LogP contribution < -0.4 is 0 Å². The average Bonchev–Trinajstić information content (AvgIpc) is 2.17. The van der Waals surface area contributed by atoms with Crippen molar-refractivity contribution in [3.8, 4) is 0 Å². The quantitative estimate of drug-likeness (QED) is 0.488. The number of rotatable bonds is 1. The monoisotopic (exact) mass is 294 g/mol. The fourth-order valence-corrected chi connectivity index (χ4v) is 0.0758. The first-order valence-corrected chi connectivity index (χ1v) is 3.71. The summed E-state index contributed by atoms with van der Waals surface area (Å²) in [6.45, 7) is 1.32. The molecular weight excluding hydrogens is 286 g/mol. The summed E-state index contributed by atoms with van der Waals surface area (Å²) in [5.41, 5.74) is 2.25. The first-order chi connectivity index (χ1) is 7.79. The molecule has 0 aliphatic heterocycles. The first kappa shape index (κ1) is 22.0. The van der Waals surface area contributed by atoms with E-state index in [2.05, 4.69) is 18.9 Å². The minimum absolute atomic E-state index is 2.23. The van der Waals surface area contributed by atoms with E-state index in [0.717, 1.165) is 0 Å². The van der Waals surface area contributed by atoms with Gasteiger partial charge in [0, 0.05) is 0 Å². The van der Waals surface area contributed by atoms with Gasteiger partial charge in [0.2, 0.25) is 0 Å². The van der Waals surface area contributed by atoms with E-state index in [4.69, 9.17) is 0 Å². The average molecular weight is 294 g/mol. The highest BCUT2D eigenvalue weighted by molar-refractivity contribution is 4.73. The van der Waals surface area contributed by atoms with Crippen molar-refractivity contribution in [3.63, 3.8) is 0 Å². The summed E-state index contributed by atoms with van der Waals surface area (Å²) < 4.78 is 107. The van der Waals surface area contributed by atoms with Crippen LogP contribution in [0.5, 0.6) is 0 Å². The molecule has 0 rings (SSSR count). The highest BCUT2D eigenvalue weighted by Crippen LogP contribution is 2.35. The molecule has 0 radical (unpaired) electrons. The van der Waals surface area contributed by atoms with Crippen molar-refractivity contribution in [1.29, 1.82) is 0 Å². The summed E-state index contributed by atoms with van der Waals surface area (Å²) in [5.74, 6) is -5.19.